The van der Waals surface area contributed by atoms with Gasteiger partial charge in [-0.3, -0.25) is 9.59 Å². The minimum Gasteiger partial charge on any atom is -0.497 e. The maximum Gasteiger partial charge on any atom is 0.255 e. The highest BCUT2D eigenvalue weighted by atomic mass is 32.2. The average Bonchev–Trinajstić information content (AvgIpc) is 2.73. The zero-order chi connectivity index (χ0) is 19.9. The molecule has 0 radical (unpaired) electrons. The number of amides is 1. The molecule has 0 aliphatic rings. The summed E-state index contributed by atoms with van der Waals surface area (Å²) in [4.78, 5) is 25.6. The summed E-state index contributed by atoms with van der Waals surface area (Å²) in [5.41, 5.74) is 3.08. The highest BCUT2D eigenvalue weighted by Gasteiger charge is 2.09. The summed E-state index contributed by atoms with van der Waals surface area (Å²) >= 11 is 1.45. The molecule has 0 unspecified atom stereocenters. The number of Topliss-reactive ketones (excluding diaryl/α,β-unsaturated/α-hetero) is 1. The third-order valence-corrected chi connectivity index (χ3v) is 5.18. The molecule has 0 aliphatic heterocycles. The van der Waals surface area contributed by atoms with E-state index in [1.54, 1.807) is 31.4 Å². The summed E-state index contributed by atoms with van der Waals surface area (Å²) in [7, 11) is 1.59. The molecule has 142 valence electrons. The number of ketones is 1. The molecule has 0 saturated carbocycles. The average molecular weight is 391 g/mol. The predicted molar refractivity (Wildman–Crippen MR) is 114 cm³/mol. The van der Waals surface area contributed by atoms with Gasteiger partial charge in [-0.25, -0.2) is 0 Å². The zero-order valence-electron chi connectivity index (χ0n) is 15.8. The van der Waals surface area contributed by atoms with Crippen LogP contribution in [0.4, 0.5) is 5.69 Å². The van der Waals surface area contributed by atoms with Crippen molar-refractivity contribution in [2.75, 3.05) is 18.2 Å². The van der Waals surface area contributed by atoms with E-state index in [1.807, 2.05) is 55.5 Å². The van der Waals surface area contributed by atoms with E-state index in [0.717, 1.165) is 10.5 Å². The van der Waals surface area contributed by atoms with E-state index >= 15 is 0 Å². The standard InChI is InChI=1S/C23H21NO3S/c1-16-6-8-17(9-7-16)22(25)15-28-21-5-3-4-19(14-21)24-23(26)18-10-12-20(27-2)13-11-18/h3-14H,15H2,1-2H3,(H,24,26). The van der Waals surface area contributed by atoms with Gasteiger partial charge in [0.15, 0.2) is 5.78 Å². The number of hydrogen-bond acceptors (Lipinski definition) is 4. The lowest BCUT2D eigenvalue weighted by Crippen LogP contribution is -2.11. The van der Waals surface area contributed by atoms with Gasteiger partial charge in [-0.2, -0.15) is 0 Å². The van der Waals surface area contributed by atoms with E-state index in [2.05, 4.69) is 5.32 Å². The Kier molecular flexibility index (Phi) is 6.50. The Bertz CT molecular complexity index is 966. The van der Waals surface area contributed by atoms with Crippen LogP contribution in [0.15, 0.2) is 77.7 Å². The van der Waals surface area contributed by atoms with Crippen molar-refractivity contribution in [3.63, 3.8) is 0 Å². The maximum atomic E-state index is 12.4. The van der Waals surface area contributed by atoms with Crippen LogP contribution in [0.5, 0.6) is 5.75 Å². The van der Waals surface area contributed by atoms with Crippen molar-refractivity contribution in [1.82, 2.24) is 0 Å². The van der Waals surface area contributed by atoms with E-state index in [0.29, 0.717) is 28.3 Å². The number of nitrogens with one attached hydrogen (secondary N) is 1. The number of ether oxygens (including phenoxy) is 1. The Labute approximate surface area is 168 Å². The predicted octanol–water partition coefficient (Wildman–Crippen LogP) is 5.23. The highest BCUT2D eigenvalue weighted by Crippen LogP contribution is 2.23. The van der Waals surface area contributed by atoms with Gasteiger partial charge < -0.3 is 10.1 Å². The van der Waals surface area contributed by atoms with Gasteiger partial charge in [-0.1, -0.05) is 35.9 Å². The van der Waals surface area contributed by atoms with E-state index < -0.39 is 0 Å². The van der Waals surface area contributed by atoms with Gasteiger partial charge in [-0.15, -0.1) is 11.8 Å². The summed E-state index contributed by atoms with van der Waals surface area (Å²) in [6, 6.07) is 22.0. The van der Waals surface area contributed by atoms with E-state index in [-0.39, 0.29) is 11.7 Å². The molecule has 0 heterocycles. The van der Waals surface area contributed by atoms with Crippen LogP contribution in [0, 0.1) is 6.92 Å². The lowest BCUT2D eigenvalue weighted by Gasteiger charge is -2.08. The van der Waals surface area contributed by atoms with Crippen molar-refractivity contribution < 1.29 is 14.3 Å². The first-order valence-electron chi connectivity index (χ1n) is 8.83. The summed E-state index contributed by atoms with van der Waals surface area (Å²) in [5.74, 6) is 0.935. The van der Waals surface area contributed by atoms with Crippen molar-refractivity contribution in [3.05, 3.63) is 89.5 Å². The van der Waals surface area contributed by atoms with E-state index in [4.69, 9.17) is 4.74 Å². The van der Waals surface area contributed by atoms with Gasteiger partial charge in [0.05, 0.1) is 12.9 Å². The highest BCUT2D eigenvalue weighted by molar-refractivity contribution is 8.00. The van der Waals surface area contributed by atoms with Crippen LogP contribution in [-0.2, 0) is 0 Å². The monoisotopic (exact) mass is 391 g/mol. The Morgan fingerprint density at radius 3 is 2.29 bits per heavy atom. The Morgan fingerprint density at radius 2 is 1.61 bits per heavy atom. The number of hydrogen-bond donors (Lipinski definition) is 1. The number of carbonyl (C=O) groups is 2. The van der Waals surface area contributed by atoms with Crippen LogP contribution in [0.2, 0.25) is 0 Å². The number of benzene rings is 3. The molecule has 4 nitrogen and oxygen atoms in total. The normalized spacial score (nSPS) is 10.4. The van der Waals surface area contributed by atoms with Crippen LogP contribution in [-0.4, -0.2) is 24.6 Å². The molecule has 0 saturated heterocycles. The lowest BCUT2D eigenvalue weighted by atomic mass is 10.1. The molecule has 1 amide bonds. The van der Waals surface area contributed by atoms with Gasteiger partial charge in [0.1, 0.15) is 5.75 Å². The third kappa shape index (κ3) is 5.24. The Morgan fingerprint density at radius 1 is 0.929 bits per heavy atom. The molecular formula is C23H21NO3S. The SMILES string of the molecule is COc1ccc(C(=O)Nc2cccc(SCC(=O)c3ccc(C)cc3)c2)cc1. The summed E-state index contributed by atoms with van der Waals surface area (Å²) < 4.78 is 5.10. The van der Waals surface area contributed by atoms with Gasteiger partial charge in [0.25, 0.3) is 5.91 Å². The zero-order valence-corrected chi connectivity index (χ0v) is 16.6. The van der Waals surface area contributed by atoms with Crippen LogP contribution < -0.4 is 10.1 Å². The van der Waals surface area contributed by atoms with Crippen molar-refractivity contribution >= 4 is 29.1 Å². The van der Waals surface area contributed by atoms with Crippen LogP contribution in [0.1, 0.15) is 26.3 Å². The topological polar surface area (TPSA) is 55.4 Å². The summed E-state index contributed by atoms with van der Waals surface area (Å²) in [6.07, 6.45) is 0. The number of aryl methyl sites for hydroxylation is 1. The molecule has 0 spiro atoms. The second-order valence-electron chi connectivity index (χ2n) is 6.29. The molecule has 0 aliphatic carbocycles. The van der Waals surface area contributed by atoms with Gasteiger partial charge in [-0.05, 0) is 49.4 Å². The maximum absolute atomic E-state index is 12.4. The fourth-order valence-electron chi connectivity index (χ4n) is 2.58. The number of thioether (sulfide) groups is 1. The minimum atomic E-state index is -0.194. The Hall–Kier alpha value is -3.05. The molecule has 0 atom stereocenters. The van der Waals surface area contributed by atoms with Crippen LogP contribution in [0.3, 0.4) is 0 Å². The number of rotatable bonds is 7. The van der Waals surface area contributed by atoms with Gasteiger partial charge >= 0.3 is 0 Å². The summed E-state index contributed by atoms with van der Waals surface area (Å²) in [5, 5.41) is 2.88. The van der Waals surface area contributed by atoms with Gasteiger partial charge in [0, 0.05) is 21.7 Å². The fourth-order valence-corrected chi connectivity index (χ4v) is 3.43. The third-order valence-electron chi connectivity index (χ3n) is 4.19. The number of carbonyl (C=O) groups excluding carboxylic acids is 2. The molecule has 3 aromatic rings. The second kappa shape index (κ2) is 9.24. The molecule has 3 aromatic carbocycles. The van der Waals surface area contributed by atoms with E-state index in [9.17, 15) is 9.59 Å². The molecule has 0 bridgehead atoms. The largest absolute Gasteiger partial charge is 0.497 e. The quantitative estimate of drug-likeness (QED) is 0.442. The van der Waals surface area contributed by atoms with E-state index in [1.165, 1.54) is 11.8 Å². The van der Waals surface area contributed by atoms with Crippen LogP contribution >= 0.6 is 11.8 Å². The summed E-state index contributed by atoms with van der Waals surface area (Å²) in [6.45, 7) is 1.99. The second-order valence-corrected chi connectivity index (χ2v) is 7.34. The first-order chi connectivity index (χ1) is 13.5. The van der Waals surface area contributed by atoms with Crippen molar-refractivity contribution in [2.24, 2.45) is 0 Å². The van der Waals surface area contributed by atoms with Crippen molar-refractivity contribution in [3.8, 4) is 5.75 Å². The molecule has 5 heteroatoms. The fraction of sp³-hybridized carbons (Fsp3) is 0.130. The first kappa shape index (κ1) is 19.7. The molecule has 0 aromatic heterocycles. The molecule has 28 heavy (non-hydrogen) atoms. The lowest BCUT2D eigenvalue weighted by molar-refractivity contribution is 0.101. The Balaban J connectivity index is 1.60. The smallest absolute Gasteiger partial charge is 0.255 e. The molecule has 3 rings (SSSR count). The molecule has 0 fully saturated rings. The number of anilines is 1. The van der Waals surface area contributed by atoms with Crippen LogP contribution in [0.25, 0.3) is 0 Å². The molecule has 1 N–H and O–H groups in total. The number of methoxy groups -OCH3 is 1. The van der Waals surface area contributed by atoms with Crippen molar-refractivity contribution in [2.45, 2.75) is 11.8 Å². The minimum absolute atomic E-state index is 0.0812. The molecular weight excluding hydrogens is 370 g/mol. The van der Waals surface area contributed by atoms with Crippen molar-refractivity contribution in [1.29, 1.82) is 0 Å². The first-order valence-corrected chi connectivity index (χ1v) is 9.82. The van der Waals surface area contributed by atoms with Gasteiger partial charge in [0.2, 0.25) is 0 Å².